The molecule has 17 heavy (non-hydrogen) atoms. The topological polar surface area (TPSA) is 21.7 Å². The summed E-state index contributed by atoms with van der Waals surface area (Å²) < 4.78 is 11.5. The van der Waals surface area contributed by atoms with Gasteiger partial charge in [0.05, 0.1) is 18.3 Å². The number of likely N-dealkylation sites (tertiary alicyclic amines) is 1. The van der Waals surface area contributed by atoms with Crippen molar-refractivity contribution in [1.29, 1.82) is 0 Å². The number of nitrogens with zero attached hydrogens (tertiary/aromatic N) is 1. The Labute approximate surface area is 104 Å². The molecule has 3 aliphatic rings. The van der Waals surface area contributed by atoms with Crippen LogP contribution in [0.2, 0.25) is 0 Å². The van der Waals surface area contributed by atoms with E-state index in [4.69, 9.17) is 9.47 Å². The molecule has 1 saturated heterocycles. The van der Waals surface area contributed by atoms with Crippen molar-refractivity contribution >= 4 is 0 Å². The highest BCUT2D eigenvalue weighted by Gasteiger charge is 2.42. The lowest BCUT2D eigenvalue weighted by Gasteiger charge is -2.36. The van der Waals surface area contributed by atoms with Crippen molar-refractivity contribution in [3.8, 4) is 0 Å². The standard InChI is InChI=1S/C14H25NO2/c1-3-15-8-10-4-13(5-11(10)9-15)17-14-6-12(7-14)16-2/h10-14H,3-9H2,1-2H3. The van der Waals surface area contributed by atoms with Crippen molar-refractivity contribution in [2.24, 2.45) is 11.8 Å². The number of rotatable bonds is 4. The van der Waals surface area contributed by atoms with E-state index in [0.717, 1.165) is 24.7 Å². The summed E-state index contributed by atoms with van der Waals surface area (Å²) in [4.78, 5) is 2.59. The Bertz CT molecular complexity index is 248. The molecule has 98 valence electrons. The van der Waals surface area contributed by atoms with Crippen molar-refractivity contribution < 1.29 is 9.47 Å². The first-order valence-electron chi connectivity index (χ1n) is 7.19. The molecule has 2 atom stereocenters. The van der Waals surface area contributed by atoms with E-state index in [-0.39, 0.29) is 0 Å². The molecule has 0 radical (unpaired) electrons. The van der Waals surface area contributed by atoms with Crippen LogP contribution in [0.1, 0.15) is 32.6 Å². The molecule has 0 spiro atoms. The molecule has 3 heteroatoms. The Morgan fingerprint density at radius 2 is 1.53 bits per heavy atom. The summed E-state index contributed by atoms with van der Waals surface area (Å²) in [5.74, 6) is 1.83. The minimum absolute atomic E-state index is 0.469. The molecular weight excluding hydrogens is 214 g/mol. The highest BCUT2D eigenvalue weighted by atomic mass is 16.5. The predicted octanol–water partition coefficient (Wildman–Crippen LogP) is 1.91. The van der Waals surface area contributed by atoms with Crippen LogP contribution < -0.4 is 0 Å². The molecule has 2 unspecified atom stereocenters. The number of hydrogen-bond acceptors (Lipinski definition) is 3. The van der Waals surface area contributed by atoms with Gasteiger partial charge in [0.25, 0.3) is 0 Å². The second-order valence-corrected chi connectivity index (χ2v) is 6.05. The van der Waals surface area contributed by atoms with E-state index in [2.05, 4.69) is 11.8 Å². The molecule has 0 N–H and O–H groups in total. The molecule has 3 rings (SSSR count). The SMILES string of the molecule is CCN1CC2CC(OC3CC(OC)C3)CC2C1. The van der Waals surface area contributed by atoms with Gasteiger partial charge in [0, 0.05) is 20.2 Å². The van der Waals surface area contributed by atoms with Crippen LogP contribution in [-0.4, -0.2) is 50.0 Å². The number of hydrogen-bond donors (Lipinski definition) is 0. The van der Waals surface area contributed by atoms with Gasteiger partial charge >= 0.3 is 0 Å². The van der Waals surface area contributed by atoms with E-state index in [9.17, 15) is 0 Å². The molecule has 0 aromatic heterocycles. The summed E-state index contributed by atoms with van der Waals surface area (Å²) in [6.07, 6.45) is 6.34. The molecule has 3 fully saturated rings. The molecule has 1 aliphatic heterocycles. The average Bonchev–Trinajstić information content (AvgIpc) is 2.79. The van der Waals surface area contributed by atoms with Gasteiger partial charge in [-0.25, -0.2) is 0 Å². The highest BCUT2D eigenvalue weighted by molar-refractivity contribution is 4.93. The Balaban J connectivity index is 1.41. The monoisotopic (exact) mass is 239 g/mol. The zero-order valence-corrected chi connectivity index (χ0v) is 11.1. The summed E-state index contributed by atoms with van der Waals surface area (Å²) in [7, 11) is 1.81. The maximum Gasteiger partial charge on any atom is 0.0628 e. The van der Waals surface area contributed by atoms with Gasteiger partial charge in [-0.1, -0.05) is 6.92 Å². The molecular formula is C14H25NO2. The van der Waals surface area contributed by atoms with Crippen LogP contribution >= 0.6 is 0 Å². The largest absolute Gasteiger partial charge is 0.381 e. The lowest BCUT2D eigenvalue weighted by Crippen LogP contribution is -2.39. The van der Waals surface area contributed by atoms with Crippen LogP contribution in [0.25, 0.3) is 0 Å². The molecule has 2 saturated carbocycles. The average molecular weight is 239 g/mol. The fourth-order valence-corrected chi connectivity index (χ4v) is 3.80. The van der Waals surface area contributed by atoms with E-state index < -0.39 is 0 Å². The smallest absolute Gasteiger partial charge is 0.0628 e. The van der Waals surface area contributed by atoms with Gasteiger partial charge in [-0.15, -0.1) is 0 Å². The Morgan fingerprint density at radius 1 is 0.941 bits per heavy atom. The third-order valence-corrected chi connectivity index (χ3v) is 5.00. The Morgan fingerprint density at radius 3 is 2.06 bits per heavy atom. The van der Waals surface area contributed by atoms with Crippen molar-refractivity contribution in [2.75, 3.05) is 26.7 Å². The molecule has 0 aromatic rings. The van der Waals surface area contributed by atoms with Crippen LogP contribution in [0, 0.1) is 11.8 Å². The number of fused-ring (bicyclic) bond motifs is 1. The summed E-state index contributed by atoms with van der Waals surface area (Å²) in [5, 5.41) is 0. The van der Waals surface area contributed by atoms with Crippen molar-refractivity contribution in [2.45, 2.75) is 50.9 Å². The normalized spacial score (nSPS) is 45.9. The maximum absolute atomic E-state index is 6.19. The van der Waals surface area contributed by atoms with Crippen LogP contribution in [-0.2, 0) is 9.47 Å². The zero-order valence-electron chi connectivity index (χ0n) is 11.1. The molecule has 2 aliphatic carbocycles. The third kappa shape index (κ3) is 2.38. The van der Waals surface area contributed by atoms with Crippen LogP contribution in [0.5, 0.6) is 0 Å². The molecule has 3 nitrogen and oxygen atoms in total. The van der Waals surface area contributed by atoms with E-state index in [1.807, 2.05) is 0 Å². The highest BCUT2D eigenvalue weighted by Crippen LogP contribution is 2.41. The molecule has 0 amide bonds. The first-order valence-corrected chi connectivity index (χ1v) is 7.19. The maximum atomic E-state index is 6.19. The zero-order chi connectivity index (χ0) is 11.8. The fraction of sp³-hybridized carbons (Fsp3) is 1.00. The predicted molar refractivity (Wildman–Crippen MR) is 67.0 cm³/mol. The number of ether oxygens (including phenoxy) is 2. The van der Waals surface area contributed by atoms with Gasteiger partial charge in [0.15, 0.2) is 0 Å². The first kappa shape index (κ1) is 11.9. The van der Waals surface area contributed by atoms with Crippen molar-refractivity contribution in [3.63, 3.8) is 0 Å². The summed E-state index contributed by atoms with van der Waals surface area (Å²) in [6.45, 7) is 6.11. The van der Waals surface area contributed by atoms with Gasteiger partial charge in [-0.2, -0.15) is 0 Å². The van der Waals surface area contributed by atoms with Gasteiger partial charge < -0.3 is 14.4 Å². The van der Waals surface area contributed by atoms with E-state index in [1.54, 1.807) is 7.11 Å². The van der Waals surface area contributed by atoms with E-state index in [1.165, 1.54) is 32.5 Å². The molecule has 0 bridgehead atoms. The first-order chi connectivity index (χ1) is 8.28. The third-order valence-electron chi connectivity index (χ3n) is 5.00. The quantitative estimate of drug-likeness (QED) is 0.748. The lowest BCUT2D eigenvalue weighted by molar-refractivity contribution is -0.115. The summed E-state index contributed by atoms with van der Waals surface area (Å²) >= 11 is 0. The Hall–Kier alpha value is -0.120. The fourth-order valence-electron chi connectivity index (χ4n) is 3.80. The summed E-state index contributed by atoms with van der Waals surface area (Å²) in [6, 6.07) is 0. The minimum atomic E-state index is 0.469. The Kier molecular flexibility index (Phi) is 3.42. The van der Waals surface area contributed by atoms with E-state index in [0.29, 0.717) is 18.3 Å². The van der Waals surface area contributed by atoms with Gasteiger partial charge in [-0.3, -0.25) is 0 Å². The second kappa shape index (κ2) is 4.87. The second-order valence-electron chi connectivity index (χ2n) is 6.05. The van der Waals surface area contributed by atoms with Gasteiger partial charge in [0.1, 0.15) is 0 Å². The van der Waals surface area contributed by atoms with Crippen LogP contribution in [0.3, 0.4) is 0 Å². The van der Waals surface area contributed by atoms with Crippen LogP contribution in [0.4, 0.5) is 0 Å². The lowest BCUT2D eigenvalue weighted by atomic mass is 9.92. The van der Waals surface area contributed by atoms with Gasteiger partial charge in [0.2, 0.25) is 0 Å². The molecule has 1 heterocycles. The van der Waals surface area contributed by atoms with Crippen molar-refractivity contribution in [3.05, 3.63) is 0 Å². The van der Waals surface area contributed by atoms with Crippen molar-refractivity contribution in [1.82, 2.24) is 4.90 Å². The van der Waals surface area contributed by atoms with E-state index >= 15 is 0 Å². The minimum Gasteiger partial charge on any atom is -0.381 e. The van der Waals surface area contributed by atoms with Gasteiger partial charge in [-0.05, 0) is 44.1 Å². The molecule has 0 aromatic carbocycles. The van der Waals surface area contributed by atoms with Crippen LogP contribution in [0.15, 0.2) is 0 Å². The summed E-state index contributed by atoms with van der Waals surface area (Å²) in [5.41, 5.74) is 0. The number of methoxy groups -OCH3 is 1.